The number of nitrogens with one attached hydrogen (secondary N) is 1. The zero-order chi connectivity index (χ0) is 24.5. The summed E-state index contributed by atoms with van der Waals surface area (Å²) in [4.78, 5) is 24.0. The predicted molar refractivity (Wildman–Crippen MR) is 86.2 cm³/mol. The standard InChI is InChI=1S/C16H6F9NO5S/c17-13(18,15(21,22)23)14(19,20)16(24,25)32(29,30)31-8-5-4-6-2-1-3-7-9(6)10(8)12(28)26-11(7)27/h1-5H,(H,26,27,28). The fourth-order valence-corrected chi connectivity index (χ4v) is 3.69. The zero-order valence-corrected chi connectivity index (χ0v) is 15.6. The fraction of sp³-hybridized carbons (Fsp3) is 0.250. The van der Waals surface area contributed by atoms with Crippen LogP contribution >= 0.6 is 0 Å². The monoisotopic (exact) mass is 495 g/mol. The number of rotatable bonds is 5. The molecule has 16 heteroatoms. The molecule has 0 aliphatic carbocycles. The van der Waals surface area contributed by atoms with E-state index in [4.69, 9.17) is 0 Å². The highest BCUT2D eigenvalue weighted by molar-refractivity contribution is 7.88. The van der Waals surface area contributed by atoms with Crippen LogP contribution in [0.3, 0.4) is 0 Å². The molecule has 2 aromatic rings. The number of carbonyl (C=O) groups is 2. The van der Waals surface area contributed by atoms with E-state index in [9.17, 15) is 57.5 Å². The van der Waals surface area contributed by atoms with E-state index in [1.165, 1.54) is 12.1 Å². The Hall–Kier alpha value is -3.04. The molecule has 2 aromatic carbocycles. The molecule has 0 bridgehead atoms. The number of hydrogen-bond acceptors (Lipinski definition) is 5. The quantitative estimate of drug-likeness (QED) is 0.387. The molecule has 174 valence electrons. The summed E-state index contributed by atoms with van der Waals surface area (Å²) in [7, 11) is -7.27. The summed E-state index contributed by atoms with van der Waals surface area (Å²) in [5.74, 6) is -18.8. The van der Waals surface area contributed by atoms with Gasteiger partial charge in [-0.05, 0) is 17.5 Å². The van der Waals surface area contributed by atoms with Crippen molar-refractivity contribution in [2.75, 3.05) is 0 Å². The van der Waals surface area contributed by atoms with Gasteiger partial charge in [-0.2, -0.15) is 47.9 Å². The van der Waals surface area contributed by atoms with Crippen molar-refractivity contribution in [3.63, 3.8) is 0 Å². The second kappa shape index (κ2) is 6.73. The van der Waals surface area contributed by atoms with Gasteiger partial charge in [0, 0.05) is 10.9 Å². The summed E-state index contributed by atoms with van der Waals surface area (Å²) >= 11 is 0. The van der Waals surface area contributed by atoms with Crippen molar-refractivity contribution in [3.8, 4) is 5.75 Å². The minimum Gasteiger partial charge on any atom is -0.377 e. The van der Waals surface area contributed by atoms with Gasteiger partial charge in [0.05, 0.1) is 5.56 Å². The zero-order valence-electron chi connectivity index (χ0n) is 14.7. The number of halogens is 9. The number of imide groups is 1. The van der Waals surface area contributed by atoms with Crippen molar-refractivity contribution in [2.45, 2.75) is 23.3 Å². The highest BCUT2D eigenvalue weighted by Gasteiger charge is 2.86. The lowest BCUT2D eigenvalue weighted by Gasteiger charge is -2.32. The van der Waals surface area contributed by atoms with Crippen LogP contribution in [-0.2, 0) is 10.1 Å². The SMILES string of the molecule is O=C1NC(=O)c2c(OS(=O)(=O)C(F)(F)C(F)(F)C(F)(F)C(F)(F)F)ccc3cccc1c23. The van der Waals surface area contributed by atoms with Crippen LogP contribution in [0.25, 0.3) is 10.8 Å². The molecule has 0 unspecified atom stereocenters. The molecule has 1 aliphatic heterocycles. The van der Waals surface area contributed by atoms with Crippen LogP contribution < -0.4 is 9.50 Å². The third-order valence-corrected chi connectivity index (χ3v) is 5.62. The Balaban J connectivity index is 2.16. The van der Waals surface area contributed by atoms with Crippen molar-refractivity contribution in [1.82, 2.24) is 5.32 Å². The second-order valence-corrected chi connectivity index (χ2v) is 7.91. The third-order valence-electron chi connectivity index (χ3n) is 4.34. The van der Waals surface area contributed by atoms with E-state index in [2.05, 4.69) is 4.18 Å². The summed E-state index contributed by atoms with van der Waals surface area (Å²) < 4.78 is 145. The Morgan fingerprint density at radius 1 is 0.781 bits per heavy atom. The highest BCUT2D eigenvalue weighted by Crippen LogP contribution is 2.55. The van der Waals surface area contributed by atoms with Gasteiger partial charge in [-0.25, -0.2) is 0 Å². The van der Waals surface area contributed by atoms with Crippen molar-refractivity contribution < 1.29 is 61.7 Å². The van der Waals surface area contributed by atoms with E-state index in [1.807, 2.05) is 0 Å². The van der Waals surface area contributed by atoms with Crippen LogP contribution in [-0.4, -0.2) is 43.5 Å². The topological polar surface area (TPSA) is 89.5 Å². The van der Waals surface area contributed by atoms with E-state index in [-0.39, 0.29) is 16.3 Å². The largest absolute Gasteiger partial charge is 0.460 e. The molecule has 3 rings (SSSR count). The number of alkyl halides is 9. The molecule has 0 fully saturated rings. The number of hydrogen-bond donors (Lipinski definition) is 1. The Kier molecular flexibility index (Phi) is 4.97. The van der Waals surface area contributed by atoms with Crippen LogP contribution in [0.15, 0.2) is 30.3 Å². The second-order valence-electron chi connectivity index (χ2n) is 6.33. The van der Waals surface area contributed by atoms with Gasteiger partial charge in [0.1, 0.15) is 0 Å². The lowest BCUT2D eigenvalue weighted by atomic mass is 9.94. The molecule has 0 aromatic heterocycles. The van der Waals surface area contributed by atoms with E-state index < -0.39 is 56.5 Å². The van der Waals surface area contributed by atoms with E-state index >= 15 is 0 Å². The number of benzene rings is 2. The molecule has 0 radical (unpaired) electrons. The minimum atomic E-state index is -7.51. The molecule has 1 N–H and O–H groups in total. The van der Waals surface area contributed by atoms with Crippen molar-refractivity contribution in [1.29, 1.82) is 0 Å². The molecule has 0 saturated heterocycles. The molecule has 2 amide bonds. The maximum atomic E-state index is 13.9. The molecule has 1 heterocycles. The van der Waals surface area contributed by atoms with E-state index in [0.717, 1.165) is 12.1 Å². The minimum absolute atomic E-state index is 0.0612. The average molecular weight is 495 g/mol. The average Bonchev–Trinajstić information content (AvgIpc) is 2.64. The Morgan fingerprint density at radius 2 is 1.38 bits per heavy atom. The molecule has 6 nitrogen and oxygen atoms in total. The first kappa shape index (κ1) is 23.6. The van der Waals surface area contributed by atoms with Crippen LogP contribution in [0.1, 0.15) is 20.7 Å². The first-order chi connectivity index (χ1) is 14.4. The van der Waals surface area contributed by atoms with Gasteiger partial charge in [-0.15, -0.1) is 0 Å². The maximum absolute atomic E-state index is 13.9. The van der Waals surface area contributed by atoms with Crippen LogP contribution in [0.4, 0.5) is 39.5 Å². The molecule has 0 saturated carbocycles. The Bertz CT molecular complexity index is 1250. The predicted octanol–water partition coefficient (Wildman–Crippen LogP) is 3.86. The fourth-order valence-electron chi connectivity index (χ4n) is 2.77. The summed E-state index contributed by atoms with van der Waals surface area (Å²) in [6, 6.07) is 5.09. The Labute approximate surface area is 171 Å². The van der Waals surface area contributed by atoms with Crippen LogP contribution in [0, 0.1) is 0 Å². The van der Waals surface area contributed by atoms with Gasteiger partial charge in [-0.1, -0.05) is 18.2 Å². The van der Waals surface area contributed by atoms with Gasteiger partial charge >= 0.3 is 33.4 Å². The lowest BCUT2D eigenvalue weighted by molar-refractivity contribution is -0.382. The van der Waals surface area contributed by atoms with Crippen molar-refractivity contribution in [3.05, 3.63) is 41.5 Å². The molecular weight excluding hydrogens is 489 g/mol. The van der Waals surface area contributed by atoms with Gasteiger partial charge in [0.15, 0.2) is 5.75 Å². The molecule has 1 aliphatic rings. The van der Waals surface area contributed by atoms with Crippen LogP contribution in [0.2, 0.25) is 0 Å². The summed E-state index contributed by atoms with van der Waals surface area (Å²) in [6.45, 7) is 0. The summed E-state index contributed by atoms with van der Waals surface area (Å²) in [5.41, 5.74) is -1.22. The molecule has 0 atom stereocenters. The normalized spacial score (nSPS) is 15.7. The lowest BCUT2D eigenvalue weighted by Crippen LogP contribution is -2.63. The smallest absolute Gasteiger partial charge is 0.377 e. The summed E-state index contributed by atoms with van der Waals surface area (Å²) in [5, 5.41) is -5.73. The Morgan fingerprint density at radius 3 is 1.94 bits per heavy atom. The third kappa shape index (κ3) is 3.07. The maximum Gasteiger partial charge on any atom is 0.460 e. The first-order valence-corrected chi connectivity index (χ1v) is 9.33. The van der Waals surface area contributed by atoms with Crippen molar-refractivity contribution >= 4 is 32.7 Å². The van der Waals surface area contributed by atoms with Gasteiger partial charge in [0.25, 0.3) is 11.8 Å². The van der Waals surface area contributed by atoms with E-state index in [1.54, 1.807) is 5.32 Å². The van der Waals surface area contributed by atoms with Gasteiger partial charge < -0.3 is 4.18 Å². The molecular formula is C16H6F9NO5S. The van der Waals surface area contributed by atoms with Gasteiger partial charge in [-0.3, -0.25) is 14.9 Å². The van der Waals surface area contributed by atoms with E-state index in [0.29, 0.717) is 6.07 Å². The molecule has 0 spiro atoms. The van der Waals surface area contributed by atoms with Gasteiger partial charge in [0.2, 0.25) is 0 Å². The number of amides is 2. The highest BCUT2D eigenvalue weighted by atomic mass is 32.2. The molecule has 32 heavy (non-hydrogen) atoms. The first-order valence-electron chi connectivity index (χ1n) is 7.92. The van der Waals surface area contributed by atoms with Crippen LogP contribution in [0.5, 0.6) is 5.75 Å². The summed E-state index contributed by atoms with van der Waals surface area (Å²) in [6.07, 6.45) is -7.25. The number of carbonyl (C=O) groups excluding carboxylic acids is 2. The van der Waals surface area contributed by atoms with Crippen molar-refractivity contribution in [2.24, 2.45) is 0 Å².